The Balaban J connectivity index is 2.09. The maximum atomic E-state index is 13.6. The van der Waals surface area contributed by atoms with E-state index in [2.05, 4.69) is 15.9 Å². The Kier molecular flexibility index (Phi) is 3.59. The van der Waals surface area contributed by atoms with E-state index in [1.54, 1.807) is 12.1 Å². The van der Waals surface area contributed by atoms with Gasteiger partial charge in [-0.2, -0.15) is 5.26 Å². The number of hydrogen-bond donors (Lipinski definition) is 0. The van der Waals surface area contributed by atoms with Crippen LogP contribution in [-0.4, -0.2) is 0 Å². The van der Waals surface area contributed by atoms with E-state index in [1.807, 2.05) is 36.4 Å². The average Bonchev–Trinajstić information content (AvgIpc) is 2.50. The van der Waals surface area contributed by atoms with Crippen LogP contribution in [0.4, 0.5) is 4.39 Å². The SMILES string of the molecule is N#Cc1c(F)cccc1Oc1ccc2ccccc2c1Br. The summed E-state index contributed by atoms with van der Waals surface area (Å²) >= 11 is 3.50. The van der Waals surface area contributed by atoms with Crippen molar-refractivity contribution in [2.45, 2.75) is 0 Å². The molecule has 0 amide bonds. The van der Waals surface area contributed by atoms with Crippen molar-refractivity contribution in [2.24, 2.45) is 0 Å². The summed E-state index contributed by atoms with van der Waals surface area (Å²) in [5, 5.41) is 11.1. The number of ether oxygens (including phenoxy) is 1. The van der Waals surface area contributed by atoms with Crippen LogP contribution >= 0.6 is 15.9 Å². The molecule has 0 heterocycles. The number of benzene rings is 3. The Bertz CT molecular complexity index is 870. The number of halogens is 2. The molecule has 0 aliphatic heterocycles. The molecule has 0 radical (unpaired) electrons. The van der Waals surface area contributed by atoms with E-state index in [4.69, 9.17) is 10.00 Å². The van der Waals surface area contributed by atoms with Gasteiger partial charge in [0.2, 0.25) is 0 Å². The molecule has 0 atom stereocenters. The van der Waals surface area contributed by atoms with Gasteiger partial charge in [-0.3, -0.25) is 0 Å². The molecule has 2 nitrogen and oxygen atoms in total. The lowest BCUT2D eigenvalue weighted by atomic mass is 10.1. The molecule has 0 fully saturated rings. The summed E-state index contributed by atoms with van der Waals surface area (Å²) in [4.78, 5) is 0. The van der Waals surface area contributed by atoms with E-state index in [1.165, 1.54) is 12.1 Å². The quantitative estimate of drug-likeness (QED) is 0.624. The minimum absolute atomic E-state index is 0.0995. The summed E-state index contributed by atoms with van der Waals surface area (Å²) in [6.07, 6.45) is 0. The van der Waals surface area contributed by atoms with Crippen molar-refractivity contribution in [1.29, 1.82) is 5.26 Å². The molecule has 3 aromatic rings. The average molecular weight is 342 g/mol. The van der Waals surface area contributed by atoms with Gasteiger partial charge >= 0.3 is 0 Å². The van der Waals surface area contributed by atoms with Crippen LogP contribution in [0.5, 0.6) is 11.5 Å². The van der Waals surface area contributed by atoms with Crippen LogP contribution in [-0.2, 0) is 0 Å². The molecule has 0 bridgehead atoms. The Morgan fingerprint density at radius 2 is 1.76 bits per heavy atom. The van der Waals surface area contributed by atoms with E-state index < -0.39 is 5.82 Å². The van der Waals surface area contributed by atoms with Crippen LogP contribution in [0, 0.1) is 17.1 Å². The third kappa shape index (κ3) is 2.48. The highest BCUT2D eigenvalue weighted by Gasteiger charge is 2.12. The molecule has 0 aromatic heterocycles. The molecule has 3 rings (SSSR count). The van der Waals surface area contributed by atoms with Crippen molar-refractivity contribution in [2.75, 3.05) is 0 Å². The Morgan fingerprint density at radius 3 is 2.57 bits per heavy atom. The van der Waals surface area contributed by atoms with Crippen LogP contribution in [0.15, 0.2) is 59.1 Å². The zero-order valence-corrected chi connectivity index (χ0v) is 12.4. The van der Waals surface area contributed by atoms with E-state index in [0.717, 1.165) is 15.2 Å². The standard InChI is InChI=1S/C17H9BrFNO/c18-17-12-5-2-1-4-11(12)8-9-16(17)21-15-7-3-6-14(19)13(15)10-20/h1-9H. The predicted molar refractivity (Wildman–Crippen MR) is 82.8 cm³/mol. The summed E-state index contributed by atoms with van der Waals surface area (Å²) in [7, 11) is 0. The molecule has 0 aliphatic rings. The van der Waals surface area contributed by atoms with Crippen LogP contribution in [0.25, 0.3) is 10.8 Å². The smallest absolute Gasteiger partial charge is 0.148 e. The monoisotopic (exact) mass is 341 g/mol. The van der Waals surface area contributed by atoms with Crippen molar-refractivity contribution >= 4 is 26.7 Å². The summed E-state index contributed by atoms with van der Waals surface area (Å²) < 4.78 is 20.1. The summed E-state index contributed by atoms with van der Waals surface area (Å²) in [6, 6.07) is 17.7. The zero-order valence-electron chi connectivity index (χ0n) is 10.8. The van der Waals surface area contributed by atoms with Crippen LogP contribution in [0.2, 0.25) is 0 Å². The van der Waals surface area contributed by atoms with Gasteiger partial charge in [-0.1, -0.05) is 36.4 Å². The van der Waals surface area contributed by atoms with E-state index in [-0.39, 0.29) is 11.3 Å². The van der Waals surface area contributed by atoms with Gasteiger partial charge in [0.1, 0.15) is 28.9 Å². The van der Waals surface area contributed by atoms with Gasteiger partial charge in [-0.25, -0.2) is 4.39 Å². The van der Waals surface area contributed by atoms with E-state index >= 15 is 0 Å². The number of nitriles is 1. The van der Waals surface area contributed by atoms with E-state index in [9.17, 15) is 4.39 Å². The highest BCUT2D eigenvalue weighted by Crippen LogP contribution is 2.36. The Labute approximate surface area is 129 Å². The normalized spacial score (nSPS) is 10.3. The molecular weight excluding hydrogens is 333 g/mol. The van der Waals surface area contributed by atoms with Gasteiger partial charge < -0.3 is 4.74 Å². The Hall–Kier alpha value is -2.38. The lowest BCUT2D eigenvalue weighted by molar-refractivity contribution is 0.472. The van der Waals surface area contributed by atoms with Crippen LogP contribution in [0.3, 0.4) is 0 Å². The summed E-state index contributed by atoms with van der Waals surface area (Å²) in [5.74, 6) is 0.149. The first kappa shape index (κ1) is 13.6. The maximum absolute atomic E-state index is 13.6. The second-order valence-electron chi connectivity index (χ2n) is 4.43. The van der Waals surface area contributed by atoms with Gasteiger partial charge in [0.15, 0.2) is 0 Å². The summed E-state index contributed by atoms with van der Waals surface area (Å²) in [5.41, 5.74) is -0.0995. The first-order valence-electron chi connectivity index (χ1n) is 6.24. The largest absolute Gasteiger partial charge is 0.455 e. The third-order valence-corrected chi connectivity index (χ3v) is 3.95. The second kappa shape index (κ2) is 5.55. The second-order valence-corrected chi connectivity index (χ2v) is 5.22. The highest BCUT2D eigenvalue weighted by molar-refractivity contribution is 9.10. The summed E-state index contributed by atoms with van der Waals surface area (Å²) in [6.45, 7) is 0. The van der Waals surface area contributed by atoms with Crippen LogP contribution in [0.1, 0.15) is 5.56 Å². The molecule has 3 aromatic carbocycles. The number of hydrogen-bond acceptors (Lipinski definition) is 2. The van der Waals surface area contributed by atoms with Gasteiger partial charge in [0.05, 0.1) is 4.47 Å². The number of nitrogens with zero attached hydrogens (tertiary/aromatic N) is 1. The first-order chi connectivity index (χ1) is 10.2. The fourth-order valence-electron chi connectivity index (χ4n) is 2.11. The highest BCUT2D eigenvalue weighted by atomic mass is 79.9. The minimum Gasteiger partial charge on any atom is -0.455 e. The van der Waals surface area contributed by atoms with Gasteiger partial charge in [-0.15, -0.1) is 0 Å². The van der Waals surface area contributed by atoms with Crippen molar-refractivity contribution in [3.8, 4) is 17.6 Å². The molecule has 21 heavy (non-hydrogen) atoms. The fraction of sp³-hybridized carbons (Fsp3) is 0. The molecular formula is C17H9BrFNO. The molecule has 0 saturated carbocycles. The molecule has 0 unspecified atom stereocenters. The van der Waals surface area contributed by atoms with E-state index in [0.29, 0.717) is 5.75 Å². The molecule has 102 valence electrons. The zero-order chi connectivity index (χ0) is 14.8. The predicted octanol–water partition coefficient (Wildman–Crippen LogP) is 5.41. The molecule has 0 aliphatic carbocycles. The molecule has 4 heteroatoms. The van der Waals surface area contributed by atoms with Crippen molar-refractivity contribution in [1.82, 2.24) is 0 Å². The molecule has 0 spiro atoms. The fourth-order valence-corrected chi connectivity index (χ4v) is 2.68. The van der Waals surface area contributed by atoms with Crippen molar-refractivity contribution in [3.63, 3.8) is 0 Å². The number of fused-ring (bicyclic) bond motifs is 1. The number of rotatable bonds is 2. The van der Waals surface area contributed by atoms with Crippen LogP contribution < -0.4 is 4.74 Å². The topological polar surface area (TPSA) is 33.0 Å². The van der Waals surface area contributed by atoms with Crippen molar-refractivity contribution in [3.05, 3.63) is 70.5 Å². The molecule has 0 saturated heterocycles. The van der Waals surface area contributed by atoms with Gasteiger partial charge in [-0.05, 0) is 44.9 Å². The third-order valence-electron chi connectivity index (χ3n) is 3.13. The maximum Gasteiger partial charge on any atom is 0.148 e. The lowest BCUT2D eigenvalue weighted by Crippen LogP contribution is -1.92. The minimum atomic E-state index is -0.591. The Morgan fingerprint density at radius 1 is 0.952 bits per heavy atom. The van der Waals surface area contributed by atoms with Gasteiger partial charge in [0, 0.05) is 0 Å². The van der Waals surface area contributed by atoms with Gasteiger partial charge in [0.25, 0.3) is 0 Å². The lowest BCUT2D eigenvalue weighted by Gasteiger charge is -2.11. The molecule has 0 N–H and O–H groups in total. The van der Waals surface area contributed by atoms with Crippen molar-refractivity contribution < 1.29 is 9.13 Å². The first-order valence-corrected chi connectivity index (χ1v) is 7.03.